The van der Waals surface area contributed by atoms with Crippen LogP contribution in [0.15, 0.2) is 12.5 Å². The van der Waals surface area contributed by atoms with Crippen molar-refractivity contribution >= 4 is 22.5 Å². The molecule has 5 heteroatoms. The van der Waals surface area contributed by atoms with Crippen LogP contribution in [0.5, 0.6) is 0 Å². The lowest BCUT2D eigenvalue weighted by atomic mass is 10.4. The minimum atomic E-state index is 0.474. The van der Waals surface area contributed by atoms with Gasteiger partial charge in [-0.2, -0.15) is 0 Å². The van der Waals surface area contributed by atoms with Crippen molar-refractivity contribution in [3.8, 4) is 0 Å². The smallest absolute Gasteiger partial charge is 0.151 e. The summed E-state index contributed by atoms with van der Waals surface area (Å²) in [6.07, 6.45) is 3.27. The van der Waals surface area contributed by atoms with Crippen LogP contribution in [0.2, 0.25) is 0 Å². The van der Waals surface area contributed by atoms with Crippen molar-refractivity contribution in [2.45, 2.75) is 0 Å². The van der Waals surface area contributed by atoms with Gasteiger partial charge < -0.3 is 16.0 Å². The highest BCUT2D eigenvalue weighted by Crippen LogP contribution is 2.22. The number of nitrogen functional groups attached to an aromatic ring is 1. The molecule has 2 rings (SSSR count). The van der Waals surface area contributed by atoms with Crippen molar-refractivity contribution in [3.63, 3.8) is 0 Å². The molecule has 5 nitrogen and oxygen atoms in total. The Morgan fingerprint density at radius 3 is 3.08 bits per heavy atom. The van der Waals surface area contributed by atoms with Crippen molar-refractivity contribution in [2.75, 3.05) is 18.1 Å². The zero-order chi connectivity index (χ0) is 8.55. The summed E-state index contributed by atoms with van der Waals surface area (Å²) in [6.45, 7) is 0. The highest BCUT2D eigenvalue weighted by molar-refractivity contribution is 5.94. The zero-order valence-electron chi connectivity index (χ0n) is 6.63. The van der Waals surface area contributed by atoms with Gasteiger partial charge in [0.1, 0.15) is 17.4 Å². The molecule has 0 radical (unpaired) electrons. The van der Waals surface area contributed by atoms with Crippen molar-refractivity contribution < 1.29 is 0 Å². The molecule has 2 heterocycles. The third-order valence-electron chi connectivity index (χ3n) is 1.76. The van der Waals surface area contributed by atoms with Gasteiger partial charge in [-0.25, -0.2) is 9.97 Å². The highest BCUT2D eigenvalue weighted by Gasteiger charge is 2.05. The molecule has 0 unspecified atom stereocenters. The molecule has 0 saturated heterocycles. The molecule has 0 aliphatic carbocycles. The van der Waals surface area contributed by atoms with Crippen LogP contribution in [0.3, 0.4) is 0 Å². The Morgan fingerprint density at radius 1 is 1.50 bits per heavy atom. The van der Waals surface area contributed by atoms with E-state index in [4.69, 9.17) is 5.73 Å². The fourth-order valence-corrected chi connectivity index (χ4v) is 1.15. The minimum absolute atomic E-state index is 0.474. The SMILES string of the molecule is CNc1c[nH]c2c(N)ncnc12. The topological polar surface area (TPSA) is 79.6 Å². The summed E-state index contributed by atoms with van der Waals surface area (Å²) >= 11 is 0. The Morgan fingerprint density at radius 2 is 2.33 bits per heavy atom. The van der Waals surface area contributed by atoms with Crippen LogP contribution in [0, 0.1) is 0 Å². The summed E-state index contributed by atoms with van der Waals surface area (Å²) in [5.41, 5.74) is 8.15. The standard InChI is InChI=1S/C7H9N5/c1-9-4-2-10-6-5(4)11-3-12-7(6)8/h2-3,9-10H,1H3,(H2,8,11,12). The van der Waals surface area contributed by atoms with E-state index in [2.05, 4.69) is 20.3 Å². The number of hydrogen-bond donors (Lipinski definition) is 3. The number of nitrogens with zero attached hydrogens (tertiary/aromatic N) is 2. The summed E-state index contributed by atoms with van der Waals surface area (Å²) in [5, 5.41) is 3.00. The van der Waals surface area contributed by atoms with E-state index < -0.39 is 0 Å². The predicted octanol–water partition coefficient (Wildman–Crippen LogP) is 0.582. The van der Waals surface area contributed by atoms with Gasteiger partial charge in [0.05, 0.1) is 5.69 Å². The molecule has 0 bridgehead atoms. The molecule has 4 N–H and O–H groups in total. The van der Waals surface area contributed by atoms with Crippen LogP contribution in [0.1, 0.15) is 0 Å². The van der Waals surface area contributed by atoms with Gasteiger partial charge in [-0.05, 0) is 0 Å². The molecule has 0 fully saturated rings. The molecular formula is C7H9N5. The molecular weight excluding hydrogens is 154 g/mol. The van der Waals surface area contributed by atoms with Crippen molar-refractivity contribution in [1.82, 2.24) is 15.0 Å². The molecule has 0 aromatic carbocycles. The number of aromatic nitrogens is 3. The third kappa shape index (κ3) is 0.795. The summed E-state index contributed by atoms with van der Waals surface area (Å²) in [7, 11) is 1.83. The predicted molar refractivity (Wildman–Crippen MR) is 47.8 cm³/mol. The molecule has 2 aromatic heterocycles. The molecule has 0 aliphatic heterocycles. The number of rotatable bonds is 1. The van der Waals surface area contributed by atoms with Crippen molar-refractivity contribution in [3.05, 3.63) is 12.5 Å². The molecule has 0 spiro atoms. The maximum atomic E-state index is 5.61. The van der Waals surface area contributed by atoms with E-state index in [0.717, 1.165) is 16.7 Å². The second-order valence-corrected chi connectivity index (χ2v) is 2.43. The number of fused-ring (bicyclic) bond motifs is 1. The third-order valence-corrected chi connectivity index (χ3v) is 1.76. The first-order valence-electron chi connectivity index (χ1n) is 3.58. The van der Waals surface area contributed by atoms with Gasteiger partial charge >= 0.3 is 0 Å². The Balaban J connectivity index is 2.80. The number of nitrogens with two attached hydrogens (primary N) is 1. The Bertz CT molecular complexity index is 405. The molecule has 12 heavy (non-hydrogen) atoms. The summed E-state index contributed by atoms with van der Waals surface area (Å²) < 4.78 is 0. The average Bonchev–Trinajstić information content (AvgIpc) is 2.49. The van der Waals surface area contributed by atoms with Crippen LogP contribution in [0.25, 0.3) is 11.0 Å². The molecule has 62 valence electrons. The fraction of sp³-hybridized carbons (Fsp3) is 0.143. The first-order valence-corrected chi connectivity index (χ1v) is 3.58. The van der Waals surface area contributed by atoms with Gasteiger partial charge in [0.15, 0.2) is 5.82 Å². The van der Waals surface area contributed by atoms with Crippen LogP contribution in [0.4, 0.5) is 11.5 Å². The van der Waals surface area contributed by atoms with E-state index in [1.54, 1.807) is 0 Å². The second-order valence-electron chi connectivity index (χ2n) is 2.43. The quantitative estimate of drug-likeness (QED) is 0.574. The van der Waals surface area contributed by atoms with Gasteiger partial charge in [-0.3, -0.25) is 0 Å². The van der Waals surface area contributed by atoms with Crippen molar-refractivity contribution in [1.29, 1.82) is 0 Å². The average molecular weight is 163 g/mol. The Hall–Kier alpha value is -1.78. The van der Waals surface area contributed by atoms with Gasteiger partial charge in [-0.15, -0.1) is 0 Å². The fourth-order valence-electron chi connectivity index (χ4n) is 1.15. The van der Waals surface area contributed by atoms with E-state index in [1.165, 1.54) is 6.33 Å². The van der Waals surface area contributed by atoms with Gasteiger partial charge in [0.25, 0.3) is 0 Å². The summed E-state index contributed by atoms with van der Waals surface area (Å²) in [6, 6.07) is 0. The van der Waals surface area contributed by atoms with E-state index >= 15 is 0 Å². The lowest BCUT2D eigenvalue weighted by molar-refractivity contribution is 1.22. The van der Waals surface area contributed by atoms with E-state index in [9.17, 15) is 0 Å². The summed E-state index contributed by atoms with van der Waals surface area (Å²) in [4.78, 5) is 10.9. The Kier molecular flexibility index (Phi) is 1.36. The van der Waals surface area contributed by atoms with E-state index in [1.807, 2.05) is 13.2 Å². The molecule has 0 aliphatic rings. The lowest BCUT2D eigenvalue weighted by Gasteiger charge is -1.95. The zero-order valence-corrected chi connectivity index (χ0v) is 6.63. The number of aromatic amines is 1. The van der Waals surface area contributed by atoms with Gasteiger partial charge in [0.2, 0.25) is 0 Å². The lowest BCUT2D eigenvalue weighted by Crippen LogP contribution is -1.93. The molecule has 0 atom stereocenters. The van der Waals surface area contributed by atoms with Gasteiger partial charge in [0, 0.05) is 13.2 Å². The first-order chi connectivity index (χ1) is 5.83. The summed E-state index contributed by atoms with van der Waals surface area (Å²) in [5.74, 6) is 0.474. The minimum Gasteiger partial charge on any atom is -0.385 e. The second kappa shape index (κ2) is 2.37. The highest BCUT2D eigenvalue weighted by atomic mass is 15.0. The normalized spacial score (nSPS) is 10.4. The van der Waals surface area contributed by atoms with E-state index in [0.29, 0.717) is 5.82 Å². The molecule has 2 aromatic rings. The van der Waals surface area contributed by atoms with E-state index in [-0.39, 0.29) is 0 Å². The van der Waals surface area contributed by atoms with Gasteiger partial charge in [-0.1, -0.05) is 0 Å². The van der Waals surface area contributed by atoms with Crippen LogP contribution in [-0.4, -0.2) is 22.0 Å². The number of anilines is 2. The maximum Gasteiger partial charge on any atom is 0.151 e. The number of nitrogens with one attached hydrogen (secondary N) is 2. The Labute approximate surface area is 69.0 Å². The van der Waals surface area contributed by atoms with Crippen LogP contribution in [-0.2, 0) is 0 Å². The molecule has 0 saturated carbocycles. The molecule has 0 amide bonds. The largest absolute Gasteiger partial charge is 0.385 e. The maximum absolute atomic E-state index is 5.61. The first kappa shape index (κ1) is 6.90. The number of hydrogen-bond acceptors (Lipinski definition) is 4. The van der Waals surface area contributed by atoms with Crippen LogP contribution >= 0.6 is 0 Å². The monoisotopic (exact) mass is 163 g/mol. The van der Waals surface area contributed by atoms with Crippen LogP contribution < -0.4 is 11.1 Å². The number of H-pyrrole nitrogens is 1. The van der Waals surface area contributed by atoms with Crippen molar-refractivity contribution in [2.24, 2.45) is 0 Å².